The smallest absolute Gasteiger partial charge is 0.134 e. The van der Waals surface area contributed by atoms with Gasteiger partial charge in [0.25, 0.3) is 0 Å². The fourth-order valence-electron chi connectivity index (χ4n) is 2.16. The van der Waals surface area contributed by atoms with Crippen molar-refractivity contribution in [2.75, 3.05) is 0 Å². The van der Waals surface area contributed by atoms with E-state index in [0.29, 0.717) is 17.7 Å². The average molecular weight is 367 g/mol. The van der Waals surface area contributed by atoms with Gasteiger partial charge in [0.15, 0.2) is 0 Å². The summed E-state index contributed by atoms with van der Waals surface area (Å²) in [5.41, 5.74) is 2.52. The van der Waals surface area contributed by atoms with E-state index in [1.807, 2.05) is 18.2 Å². The molecule has 0 radical (unpaired) electrons. The Bertz CT molecular complexity index is 628. The van der Waals surface area contributed by atoms with Gasteiger partial charge in [-0.3, -0.25) is 0 Å². The number of halogens is 2. The minimum atomic E-state index is 0.558. The molecule has 21 heavy (non-hydrogen) atoms. The first-order valence-corrected chi connectivity index (χ1v) is 8.27. The Morgan fingerprint density at radius 3 is 2.62 bits per heavy atom. The maximum absolute atomic E-state index is 5.94. The molecule has 0 bridgehead atoms. The van der Waals surface area contributed by atoms with E-state index in [-0.39, 0.29) is 0 Å². The Hall–Kier alpha value is -1.03. The molecule has 1 aliphatic carbocycles. The van der Waals surface area contributed by atoms with E-state index < -0.39 is 0 Å². The molecule has 0 saturated heterocycles. The van der Waals surface area contributed by atoms with Crippen molar-refractivity contribution in [2.24, 2.45) is 0 Å². The molecular formula is C17H17BrClNO. The van der Waals surface area contributed by atoms with Gasteiger partial charge >= 0.3 is 0 Å². The van der Waals surface area contributed by atoms with Crippen LogP contribution in [-0.2, 0) is 13.2 Å². The second-order valence-corrected chi connectivity index (χ2v) is 6.58. The zero-order chi connectivity index (χ0) is 14.7. The molecule has 0 amide bonds. The molecule has 0 atom stereocenters. The molecule has 2 nitrogen and oxygen atoms in total. The van der Waals surface area contributed by atoms with Crippen molar-refractivity contribution >= 4 is 27.5 Å². The lowest BCUT2D eigenvalue weighted by Crippen LogP contribution is -2.16. The van der Waals surface area contributed by atoms with Gasteiger partial charge < -0.3 is 10.1 Å². The molecule has 1 saturated carbocycles. The highest BCUT2D eigenvalue weighted by atomic mass is 79.9. The average Bonchev–Trinajstić information content (AvgIpc) is 3.29. The summed E-state index contributed by atoms with van der Waals surface area (Å²) in [7, 11) is 0. The summed E-state index contributed by atoms with van der Waals surface area (Å²) in [6.45, 7) is 1.47. The van der Waals surface area contributed by atoms with Crippen LogP contribution in [-0.4, -0.2) is 6.04 Å². The third-order valence-electron chi connectivity index (χ3n) is 3.55. The standard InChI is InChI=1S/C17H17BrClNO/c18-16-9-14(19)5-8-17(16)21-11-13-4-2-1-3-12(13)10-20-15-6-7-15/h1-5,8-9,15,20H,6-7,10-11H2. The summed E-state index contributed by atoms with van der Waals surface area (Å²) < 4.78 is 6.79. The Morgan fingerprint density at radius 1 is 1.14 bits per heavy atom. The molecule has 1 N–H and O–H groups in total. The van der Waals surface area contributed by atoms with Crippen molar-refractivity contribution in [2.45, 2.75) is 32.0 Å². The van der Waals surface area contributed by atoms with E-state index in [1.54, 1.807) is 0 Å². The summed E-state index contributed by atoms with van der Waals surface area (Å²) in [5, 5.41) is 4.25. The van der Waals surface area contributed by atoms with E-state index in [0.717, 1.165) is 16.8 Å². The van der Waals surface area contributed by atoms with Crippen LogP contribution in [0.2, 0.25) is 5.02 Å². The van der Waals surface area contributed by atoms with Gasteiger partial charge in [0.05, 0.1) is 4.47 Å². The summed E-state index contributed by atoms with van der Waals surface area (Å²) in [4.78, 5) is 0. The SMILES string of the molecule is Clc1ccc(OCc2ccccc2CNC2CC2)c(Br)c1. The van der Waals surface area contributed by atoms with Crippen LogP contribution in [0.25, 0.3) is 0 Å². The van der Waals surface area contributed by atoms with Crippen LogP contribution < -0.4 is 10.1 Å². The molecule has 0 aromatic heterocycles. The monoisotopic (exact) mass is 365 g/mol. The zero-order valence-electron chi connectivity index (χ0n) is 11.6. The predicted molar refractivity (Wildman–Crippen MR) is 89.8 cm³/mol. The Balaban J connectivity index is 1.66. The molecule has 0 aliphatic heterocycles. The van der Waals surface area contributed by atoms with E-state index >= 15 is 0 Å². The van der Waals surface area contributed by atoms with E-state index in [4.69, 9.17) is 16.3 Å². The summed E-state index contributed by atoms with van der Waals surface area (Å²) >= 11 is 9.42. The molecular weight excluding hydrogens is 350 g/mol. The molecule has 0 spiro atoms. The first-order chi connectivity index (χ1) is 10.2. The number of hydrogen-bond acceptors (Lipinski definition) is 2. The number of rotatable bonds is 6. The molecule has 2 aromatic rings. The number of ether oxygens (including phenoxy) is 1. The number of benzene rings is 2. The van der Waals surface area contributed by atoms with Crippen molar-refractivity contribution < 1.29 is 4.74 Å². The number of nitrogens with one attached hydrogen (secondary N) is 1. The molecule has 4 heteroatoms. The van der Waals surface area contributed by atoms with Gasteiger partial charge in [-0.2, -0.15) is 0 Å². The first-order valence-electron chi connectivity index (χ1n) is 7.10. The predicted octanol–water partition coefficient (Wildman–Crippen LogP) is 4.93. The van der Waals surface area contributed by atoms with Crippen molar-refractivity contribution in [1.29, 1.82) is 0 Å². The molecule has 0 heterocycles. The molecule has 1 aliphatic rings. The molecule has 1 fully saturated rings. The highest BCUT2D eigenvalue weighted by Crippen LogP contribution is 2.29. The maximum atomic E-state index is 5.94. The van der Waals surface area contributed by atoms with Crippen LogP contribution in [0.5, 0.6) is 5.75 Å². The zero-order valence-corrected chi connectivity index (χ0v) is 14.0. The van der Waals surface area contributed by atoms with Gasteiger partial charge in [-0.15, -0.1) is 0 Å². The first kappa shape index (κ1) is 14.9. The summed E-state index contributed by atoms with van der Waals surface area (Å²) in [6, 6.07) is 14.7. The van der Waals surface area contributed by atoms with Crippen LogP contribution >= 0.6 is 27.5 Å². The normalized spacial score (nSPS) is 14.2. The Morgan fingerprint density at radius 2 is 1.90 bits per heavy atom. The lowest BCUT2D eigenvalue weighted by molar-refractivity contribution is 0.302. The minimum Gasteiger partial charge on any atom is -0.488 e. The summed E-state index contributed by atoms with van der Waals surface area (Å²) in [5.74, 6) is 0.810. The van der Waals surface area contributed by atoms with Crippen molar-refractivity contribution in [3.8, 4) is 5.75 Å². The lowest BCUT2D eigenvalue weighted by Gasteiger charge is -2.12. The van der Waals surface area contributed by atoms with Gasteiger partial charge in [-0.05, 0) is 58.1 Å². The molecule has 110 valence electrons. The van der Waals surface area contributed by atoms with E-state index in [9.17, 15) is 0 Å². The van der Waals surface area contributed by atoms with Crippen molar-refractivity contribution in [1.82, 2.24) is 5.32 Å². The van der Waals surface area contributed by atoms with Crippen LogP contribution in [0.1, 0.15) is 24.0 Å². The minimum absolute atomic E-state index is 0.558. The Labute approximate surface area is 138 Å². The molecule has 2 aromatic carbocycles. The highest BCUT2D eigenvalue weighted by molar-refractivity contribution is 9.10. The van der Waals surface area contributed by atoms with Crippen LogP contribution in [0.3, 0.4) is 0 Å². The summed E-state index contributed by atoms with van der Waals surface area (Å²) in [6.07, 6.45) is 2.60. The number of hydrogen-bond donors (Lipinski definition) is 1. The Kier molecular flexibility index (Phi) is 4.84. The van der Waals surface area contributed by atoms with Crippen LogP contribution in [0.15, 0.2) is 46.9 Å². The fourth-order valence-corrected chi connectivity index (χ4v) is 2.96. The van der Waals surface area contributed by atoms with Gasteiger partial charge in [-0.1, -0.05) is 35.9 Å². The van der Waals surface area contributed by atoms with Crippen molar-refractivity contribution in [3.63, 3.8) is 0 Å². The topological polar surface area (TPSA) is 21.3 Å². The molecule has 0 unspecified atom stereocenters. The van der Waals surface area contributed by atoms with Crippen molar-refractivity contribution in [3.05, 3.63) is 63.1 Å². The second kappa shape index (κ2) is 6.82. The highest BCUT2D eigenvalue weighted by Gasteiger charge is 2.20. The van der Waals surface area contributed by atoms with Crippen LogP contribution in [0, 0.1) is 0 Å². The van der Waals surface area contributed by atoms with Crippen LogP contribution in [0.4, 0.5) is 0 Å². The van der Waals surface area contributed by atoms with E-state index in [2.05, 4.69) is 45.5 Å². The third-order valence-corrected chi connectivity index (χ3v) is 4.41. The van der Waals surface area contributed by atoms with Gasteiger partial charge in [-0.25, -0.2) is 0 Å². The van der Waals surface area contributed by atoms with Gasteiger partial charge in [0.2, 0.25) is 0 Å². The quantitative estimate of drug-likeness (QED) is 0.782. The maximum Gasteiger partial charge on any atom is 0.134 e. The van der Waals surface area contributed by atoms with Gasteiger partial charge in [0, 0.05) is 17.6 Å². The van der Waals surface area contributed by atoms with Gasteiger partial charge in [0.1, 0.15) is 12.4 Å². The fraction of sp³-hybridized carbons (Fsp3) is 0.294. The second-order valence-electron chi connectivity index (χ2n) is 5.29. The largest absolute Gasteiger partial charge is 0.488 e. The molecule has 3 rings (SSSR count). The third kappa shape index (κ3) is 4.22. The van der Waals surface area contributed by atoms with E-state index in [1.165, 1.54) is 24.0 Å². The lowest BCUT2D eigenvalue weighted by atomic mass is 10.1.